The Hall–Kier alpha value is -1.90. The van der Waals surface area contributed by atoms with Gasteiger partial charge in [0.2, 0.25) is 0 Å². The topological polar surface area (TPSA) is 71.0 Å². The van der Waals surface area contributed by atoms with E-state index in [1.54, 1.807) is 10.8 Å². The molecule has 1 fully saturated rings. The number of sulfonamides is 1. The fourth-order valence-corrected chi connectivity index (χ4v) is 5.81. The minimum Gasteiger partial charge on any atom is -0.492 e. The number of likely N-dealkylation sites (tertiary alicyclic amines) is 1. The molecule has 0 unspecified atom stereocenters. The summed E-state index contributed by atoms with van der Waals surface area (Å²) in [6.07, 6.45) is 3.91. The number of benzene rings is 1. The Morgan fingerprint density at radius 2 is 2.04 bits per heavy atom. The fraction of sp³-hybridized carbons (Fsp3) is 0.421. The molecule has 1 aromatic carbocycles. The third kappa shape index (κ3) is 4.34. The Morgan fingerprint density at radius 3 is 2.89 bits per heavy atom. The molecule has 2 aliphatic heterocycles. The molecule has 8 heteroatoms. The number of hydrogen-bond donors (Lipinski definition) is 1. The van der Waals surface area contributed by atoms with Crippen molar-refractivity contribution in [2.75, 3.05) is 26.2 Å². The van der Waals surface area contributed by atoms with Crippen molar-refractivity contribution in [1.29, 1.82) is 0 Å². The van der Waals surface area contributed by atoms with Gasteiger partial charge < -0.3 is 10.1 Å². The molecular weight excluding hydrogens is 382 g/mol. The maximum atomic E-state index is 11.9. The maximum Gasteiger partial charge on any atom is 0.285 e. The number of fused-ring (bicyclic) bond motifs is 1. The van der Waals surface area contributed by atoms with Gasteiger partial charge in [-0.1, -0.05) is 18.6 Å². The number of hydrogen-bond acceptors (Lipinski definition) is 6. The standard InChI is InChI=1S/C19H23N3O3S2/c23-27(24)18-14-26-13-17(18)19(21-27)20-7-10-25-16-6-4-5-15(11-16)12-22-8-2-1-3-9-22/h4-6,11,13-14H,1-3,7-10,12H2,(H,20,21). The highest BCUT2D eigenvalue weighted by atomic mass is 32.2. The molecule has 0 bridgehead atoms. The summed E-state index contributed by atoms with van der Waals surface area (Å²) in [5.41, 5.74) is 1.92. The Bertz CT molecular complexity index is 931. The number of amidine groups is 1. The third-order valence-electron chi connectivity index (χ3n) is 4.79. The molecule has 6 nitrogen and oxygen atoms in total. The SMILES string of the molecule is O=S1(=O)N=C(NCCOc2cccc(CN3CCCCC3)c2)c2cscc21. The van der Waals surface area contributed by atoms with E-state index in [1.165, 1.54) is 49.3 Å². The quantitative estimate of drug-likeness (QED) is 0.749. The first-order valence-electron chi connectivity index (χ1n) is 9.21. The van der Waals surface area contributed by atoms with E-state index in [9.17, 15) is 8.42 Å². The molecule has 0 spiro atoms. The molecule has 2 aliphatic rings. The molecule has 0 saturated carbocycles. The zero-order valence-corrected chi connectivity index (χ0v) is 16.7. The lowest BCUT2D eigenvalue weighted by Gasteiger charge is -2.26. The second-order valence-electron chi connectivity index (χ2n) is 6.82. The number of piperidine rings is 1. The average molecular weight is 406 g/mol. The summed E-state index contributed by atoms with van der Waals surface area (Å²) < 4.78 is 33.5. The lowest BCUT2D eigenvalue weighted by molar-refractivity contribution is 0.220. The van der Waals surface area contributed by atoms with Gasteiger partial charge in [-0.25, -0.2) is 0 Å². The van der Waals surface area contributed by atoms with Crippen LogP contribution in [0.5, 0.6) is 5.75 Å². The van der Waals surface area contributed by atoms with Gasteiger partial charge in [0.25, 0.3) is 10.0 Å². The van der Waals surface area contributed by atoms with Crippen LogP contribution < -0.4 is 10.1 Å². The molecule has 1 aromatic heterocycles. The third-order valence-corrected chi connectivity index (χ3v) is 7.00. The summed E-state index contributed by atoms with van der Waals surface area (Å²) in [6, 6.07) is 8.20. The Kier molecular flexibility index (Phi) is 5.47. The van der Waals surface area contributed by atoms with Crippen LogP contribution in [0.4, 0.5) is 0 Å². The van der Waals surface area contributed by atoms with Gasteiger partial charge in [-0.3, -0.25) is 4.90 Å². The molecule has 3 heterocycles. The second-order valence-corrected chi connectivity index (χ2v) is 9.14. The highest BCUT2D eigenvalue weighted by molar-refractivity contribution is 7.91. The second kappa shape index (κ2) is 8.00. The Morgan fingerprint density at radius 1 is 1.19 bits per heavy atom. The summed E-state index contributed by atoms with van der Waals surface area (Å²) in [4.78, 5) is 2.78. The number of nitrogens with one attached hydrogen (secondary N) is 1. The molecule has 0 aliphatic carbocycles. The number of ether oxygens (including phenoxy) is 1. The summed E-state index contributed by atoms with van der Waals surface area (Å²) in [5.74, 6) is 1.25. The minimum absolute atomic E-state index is 0.293. The molecule has 27 heavy (non-hydrogen) atoms. The van der Waals surface area contributed by atoms with E-state index in [2.05, 4.69) is 26.7 Å². The van der Waals surface area contributed by atoms with Crippen LogP contribution in [-0.2, 0) is 16.6 Å². The van der Waals surface area contributed by atoms with Crippen molar-refractivity contribution in [3.63, 3.8) is 0 Å². The molecule has 2 aromatic rings. The van der Waals surface area contributed by atoms with Crippen LogP contribution in [0.15, 0.2) is 44.3 Å². The summed E-state index contributed by atoms with van der Waals surface area (Å²) in [5, 5.41) is 6.49. The molecule has 0 atom stereocenters. The van der Waals surface area contributed by atoms with Gasteiger partial charge in [0, 0.05) is 22.9 Å². The van der Waals surface area contributed by atoms with Crippen LogP contribution in [0.25, 0.3) is 0 Å². The lowest BCUT2D eigenvalue weighted by atomic mass is 10.1. The van der Waals surface area contributed by atoms with Crippen molar-refractivity contribution in [2.24, 2.45) is 4.40 Å². The average Bonchev–Trinajstić information content (AvgIpc) is 3.24. The first kappa shape index (κ1) is 18.5. The van der Waals surface area contributed by atoms with Crippen LogP contribution in [0, 0.1) is 0 Å². The monoisotopic (exact) mass is 405 g/mol. The van der Waals surface area contributed by atoms with Crippen molar-refractivity contribution >= 4 is 27.2 Å². The van der Waals surface area contributed by atoms with Gasteiger partial charge in [-0.15, -0.1) is 4.40 Å². The van der Waals surface area contributed by atoms with Crippen molar-refractivity contribution in [3.05, 3.63) is 46.2 Å². The summed E-state index contributed by atoms with van der Waals surface area (Å²) in [6.45, 7) is 4.23. The van der Waals surface area contributed by atoms with Crippen molar-refractivity contribution in [1.82, 2.24) is 10.2 Å². The molecule has 4 rings (SSSR count). The van der Waals surface area contributed by atoms with E-state index in [0.29, 0.717) is 29.4 Å². The van der Waals surface area contributed by atoms with Gasteiger partial charge in [0.15, 0.2) is 0 Å². The van der Waals surface area contributed by atoms with Crippen LogP contribution in [0.2, 0.25) is 0 Å². The predicted octanol–water partition coefficient (Wildman–Crippen LogP) is 2.85. The van der Waals surface area contributed by atoms with Gasteiger partial charge in [0.1, 0.15) is 23.1 Å². The summed E-state index contributed by atoms with van der Waals surface area (Å²) >= 11 is 1.36. The lowest BCUT2D eigenvalue weighted by Crippen LogP contribution is -2.29. The van der Waals surface area contributed by atoms with E-state index in [4.69, 9.17) is 4.74 Å². The van der Waals surface area contributed by atoms with E-state index in [0.717, 1.165) is 12.3 Å². The Balaban J connectivity index is 1.28. The Labute approximate surface area is 163 Å². The maximum absolute atomic E-state index is 11.9. The van der Waals surface area contributed by atoms with Gasteiger partial charge in [-0.05, 0) is 43.6 Å². The van der Waals surface area contributed by atoms with Crippen LogP contribution >= 0.6 is 11.3 Å². The van der Waals surface area contributed by atoms with E-state index in [-0.39, 0.29) is 0 Å². The van der Waals surface area contributed by atoms with E-state index < -0.39 is 10.0 Å². The van der Waals surface area contributed by atoms with Gasteiger partial charge in [0.05, 0.1) is 6.54 Å². The van der Waals surface area contributed by atoms with Crippen LogP contribution in [-0.4, -0.2) is 45.4 Å². The van der Waals surface area contributed by atoms with Gasteiger partial charge >= 0.3 is 0 Å². The predicted molar refractivity (Wildman–Crippen MR) is 107 cm³/mol. The highest BCUT2D eigenvalue weighted by Gasteiger charge is 2.29. The van der Waals surface area contributed by atoms with E-state index in [1.807, 2.05) is 12.1 Å². The zero-order valence-electron chi connectivity index (χ0n) is 15.1. The zero-order chi connectivity index (χ0) is 18.7. The van der Waals surface area contributed by atoms with Crippen molar-refractivity contribution in [3.8, 4) is 5.75 Å². The van der Waals surface area contributed by atoms with Crippen LogP contribution in [0.1, 0.15) is 30.4 Å². The summed E-state index contributed by atoms with van der Waals surface area (Å²) in [7, 11) is -3.53. The number of nitrogens with zero attached hydrogens (tertiary/aromatic N) is 2. The van der Waals surface area contributed by atoms with Crippen LogP contribution in [0.3, 0.4) is 0 Å². The molecule has 1 saturated heterocycles. The molecular formula is C19H23N3O3S2. The fourth-order valence-electron chi connectivity index (χ4n) is 3.45. The molecule has 1 N–H and O–H groups in total. The first-order valence-corrected chi connectivity index (χ1v) is 11.6. The smallest absolute Gasteiger partial charge is 0.285 e. The highest BCUT2D eigenvalue weighted by Crippen LogP contribution is 2.28. The van der Waals surface area contributed by atoms with Crippen molar-refractivity contribution in [2.45, 2.75) is 30.7 Å². The molecule has 0 amide bonds. The normalized spacial score (nSPS) is 18.7. The van der Waals surface area contributed by atoms with Crippen molar-refractivity contribution < 1.29 is 13.2 Å². The largest absolute Gasteiger partial charge is 0.492 e. The number of rotatable bonds is 6. The first-order chi connectivity index (χ1) is 13.1. The minimum atomic E-state index is -3.53. The number of thiophene rings is 1. The van der Waals surface area contributed by atoms with Gasteiger partial charge in [-0.2, -0.15) is 19.8 Å². The molecule has 0 radical (unpaired) electrons. The molecule has 144 valence electrons. The van der Waals surface area contributed by atoms with E-state index >= 15 is 0 Å².